The van der Waals surface area contributed by atoms with Gasteiger partial charge in [-0.15, -0.1) is 0 Å². The first-order chi connectivity index (χ1) is 7.99. The largest absolute Gasteiger partial charge is 0.509 e. The van der Waals surface area contributed by atoms with E-state index in [1.54, 1.807) is 0 Å². The van der Waals surface area contributed by atoms with Crippen LogP contribution in [-0.4, -0.2) is 19.4 Å². The van der Waals surface area contributed by atoms with Gasteiger partial charge in [0.1, 0.15) is 6.07 Å². The third kappa shape index (κ3) is 8.32. The number of rotatable bonds is 6. The van der Waals surface area contributed by atoms with E-state index in [0.29, 0.717) is 12.3 Å². The van der Waals surface area contributed by atoms with Gasteiger partial charge in [-0.25, -0.2) is 4.79 Å². The molecule has 0 spiro atoms. The van der Waals surface area contributed by atoms with Gasteiger partial charge in [0, 0.05) is 6.42 Å². The number of nitriles is 1. The summed E-state index contributed by atoms with van der Waals surface area (Å²) in [5, 5.41) is 8.84. The number of nitrogens with zero attached hydrogens (tertiary/aromatic N) is 1. The molecule has 0 aromatic heterocycles. The smallest absolute Gasteiger partial charge is 0.438 e. The van der Waals surface area contributed by atoms with E-state index in [-0.39, 0.29) is 0 Å². The third-order valence-corrected chi connectivity index (χ3v) is 2.38. The van der Waals surface area contributed by atoms with Gasteiger partial charge in [-0.2, -0.15) is 5.26 Å². The zero-order chi connectivity index (χ0) is 13.3. The Morgan fingerprint density at radius 1 is 1.47 bits per heavy atom. The molecule has 0 radical (unpaired) electrons. The van der Waals surface area contributed by atoms with Crippen molar-refractivity contribution in [3.05, 3.63) is 11.6 Å². The number of hydrogen-bond donors (Lipinski definition) is 0. The highest BCUT2D eigenvalue weighted by atomic mass is 16.7. The molecule has 1 unspecified atom stereocenters. The first-order valence-corrected chi connectivity index (χ1v) is 5.77. The topological polar surface area (TPSA) is 59.3 Å². The number of methoxy groups -OCH3 is 1. The fraction of sp³-hybridized carbons (Fsp3) is 0.692. The van der Waals surface area contributed by atoms with Crippen molar-refractivity contribution in [3.63, 3.8) is 0 Å². The highest BCUT2D eigenvalue weighted by Crippen LogP contribution is 2.16. The first-order valence-electron chi connectivity index (χ1n) is 5.77. The van der Waals surface area contributed by atoms with Crippen LogP contribution in [0.15, 0.2) is 11.6 Å². The summed E-state index contributed by atoms with van der Waals surface area (Å²) in [7, 11) is 1.23. The lowest BCUT2D eigenvalue weighted by Gasteiger charge is -2.14. The second-order valence-corrected chi connectivity index (χ2v) is 4.39. The lowest BCUT2D eigenvalue weighted by molar-refractivity contribution is 0.0476. The van der Waals surface area contributed by atoms with Crippen LogP contribution in [0, 0.1) is 17.2 Å². The van der Waals surface area contributed by atoms with E-state index in [9.17, 15) is 4.79 Å². The SMILES string of the molecule is COC(=O)OC(C#N)C[C@@H](C)CCC=C(C)C. The third-order valence-electron chi connectivity index (χ3n) is 2.38. The second-order valence-electron chi connectivity index (χ2n) is 4.39. The Labute approximate surface area is 103 Å². The van der Waals surface area contributed by atoms with Crippen LogP contribution in [0.25, 0.3) is 0 Å². The first kappa shape index (κ1) is 15.5. The number of allylic oxidation sites excluding steroid dienone is 2. The quantitative estimate of drug-likeness (QED) is 0.526. The summed E-state index contributed by atoms with van der Waals surface area (Å²) in [5.74, 6) is 0.333. The molecule has 2 atom stereocenters. The van der Waals surface area contributed by atoms with E-state index >= 15 is 0 Å². The van der Waals surface area contributed by atoms with Gasteiger partial charge in [0.05, 0.1) is 7.11 Å². The summed E-state index contributed by atoms with van der Waals surface area (Å²) in [5.41, 5.74) is 1.29. The Balaban J connectivity index is 3.99. The van der Waals surface area contributed by atoms with Gasteiger partial charge in [-0.05, 0) is 32.6 Å². The molecule has 0 aliphatic rings. The van der Waals surface area contributed by atoms with Crippen molar-refractivity contribution in [3.8, 4) is 6.07 Å². The molecule has 0 aromatic carbocycles. The molecular weight excluding hydrogens is 218 g/mol. The minimum absolute atomic E-state index is 0.333. The molecule has 96 valence electrons. The van der Waals surface area contributed by atoms with Gasteiger partial charge >= 0.3 is 6.16 Å². The summed E-state index contributed by atoms with van der Waals surface area (Å²) in [6.07, 6.45) is 3.16. The highest BCUT2D eigenvalue weighted by Gasteiger charge is 2.17. The van der Waals surface area contributed by atoms with Crippen molar-refractivity contribution in [2.45, 2.75) is 46.1 Å². The molecule has 17 heavy (non-hydrogen) atoms. The number of carbonyl (C=O) groups is 1. The van der Waals surface area contributed by atoms with Crippen LogP contribution in [0.4, 0.5) is 4.79 Å². The van der Waals surface area contributed by atoms with Gasteiger partial charge in [-0.1, -0.05) is 18.6 Å². The predicted octanol–water partition coefficient (Wildman–Crippen LogP) is 3.43. The number of ether oxygens (including phenoxy) is 2. The molecule has 0 fully saturated rings. The summed E-state index contributed by atoms with van der Waals surface area (Å²) in [4.78, 5) is 10.9. The lowest BCUT2D eigenvalue weighted by atomic mass is 9.98. The van der Waals surface area contributed by atoms with Gasteiger partial charge in [0.15, 0.2) is 6.10 Å². The summed E-state index contributed by atoms with van der Waals surface area (Å²) < 4.78 is 9.16. The maximum Gasteiger partial charge on any atom is 0.509 e. The fourth-order valence-corrected chi connectivity index (χ4v) is 1.43. The molecule has 0 saturated carbocycles. The Kier molecular flexibility index (Phi) is 7.87. The van der Waals surface area contributed by atoms with Gasteiger partial charge in [0.25, 0.3) is 0 Å². The van der Waals surface area contributed by atoms with Crippen molar-refractivity contribution in [2.24, 2.45) is 5.92 Å². The van der Waals surface area contributed by atoms with Crippen molar-refractivity contribution in [2.75, 3.05) is 7.11 Å². The highest BCUT2D eigenvalue weighted by molar-refractivity contribution is 5.60. The molecule has 0 rings (SSSR count). The zero-order valence-corrected chi connectivity index (χ0v) is 11.0. The lowest BCUT2D eigenvalue weighted by Crippen LogP contribution is -2.19. The van der Waals surface area contributed by atoms with Crippen LogP contribution < -0.4 is 0 Å². The zero-order valence-electron chi connectivity index (χ0n) is 11.0. The molecule has 4 nitrogen and oxygen atoms in total. The Hall–Kier alpha value is -1.50. The van der Waals surface area contributed by atoms with Crippen molar-refractivity contribution < 1.29 is 14.3 Å². The fourth-order valence-electron chi connectivity index (χ4n) is 1.43. The molecule has 0 heterocycles. The summed E-state index contributed by atoms with van der Waals surface area (Å²) in [6.45, 7) is 6.16. The Bertz CT molecular complexity index is 300. The van der Waals surface area contributed by atoms with Gasteiger partial charge in [-0.3, -0.25) is 0 Å². The molecule has 0 bridgehead atoms. The molecule has 0 amide bonds. The monoisotopic (exact) mass is 239 g/mol. The summed E-state index contributed by atoms with van der Waals surface area (Å²) in [6, 6.07) is 1.96. The standard InChI is InChI=1S/C13H21NO3/c1-10(2)6-5-7-11(3)8-12(9-14)17-13(15)16-4/h6,11-12H,5,7-8H2,1-4H3/t11-,12?/m0/s1. The van der Waals surface area contributed by atoms with E-state index in [1.807, 2.05) is 13.0 Å². The van der Waals surface area contributed by atoms with Crippen LogP contribution >= 0.6 is 0 Å². The van der Waals surface area contributed by atoms with E-state index in [1.165, 1.54) is 12.7 Å². The number of carbonyl (C=O) groups excluding carboxylic acids is 1. The average molecular weight is 239 g/mol. The van der Waals surface area contributed by atoms with Gasteiger partial charge in [0.2, 0.25) is 0 Å². The van der Waals surface area contributed by atoms with Crippen LogP contribution in [-0.2, 0) is 9.47 Å². The average Bonchev–Trinajstić information content (AvgIpc) is 2.27. The molecule has 0 aliphatic heterocycles. The molecular formula is C13H21NO3. The van der Waals surface area contributed by atoms with E-state index in [4.69, 9.17) is 10.00 Å². The van der Waals surface area contributed by atoms with Crippen molar-refractivity contribution in [1.82, 2.24) is 0 Å². The maximum atomic E-state index is 10.9. The minimum Gasteiger partial charge on any atom is -0.438 e. The number of hydrogen-bond acceptors (Lipinski definition) is 4. The summed E-state index contributed by atoms with van der Waals surface area (Å²) >= 11 is 0. The van der Waals surface area contributed by atoms with Crippen LogP contribution in [0.3, 0.4) is 0 Å². The van der Waals surface area contributed by atoms with E-state index in [2.05, 4.69) is 24.7 Å². The molecule has 0 aliphatic carbocycles. The van der Waals surface area contributed by atoms with E-state index in [0.717, 1.165) is 12.8 Å². The molecule has 0 N–H and O–H groups in total. The maximum absolute atomic E-state index is 10.9. The molecule has 4 heteroatoms. The Morgan fingerprint density at radius 2 is 2.12 bits per heavy atom. The second kappa shape index (κ2) is 8.63. The van der Waals surface area contributed by atoms with E-state index < -0.39 is 12.3 Å². The Morgan fingerprint density at radius 3 is 2.59 bits per heavy atom. The van der Waals surface area contributed by atoms with Crippen molar-refractivity contribution >= 4 is 6.16 Å². The van der Waals surface area contributed by atoms with Gasteiger partial charge < -0.3 is 9.47 Å². The van der Waals surface area contributed by atoms with Crippen molar-refractivity contribution in [1.29, 1.82) is 5.26 Å². The van der Waals surface area contributed by atoms with Crippen LogP contribution in [0.1, 0.15) is 40.0 Å². The van der Waals surface area contributed by atoms with Crippen LogP contribution in [0.5, 0.6) is 0 Å². The predicted molar refractivity (Wildman–Crippen MR) is 65.3 cm³/mol. The van der Waals surface area contributed by atoms with Crippen LogP contribution in [0.2, 0.25) is 0 Å². The molecule has 0 aromatic rings. The normalized spacial score (nSPS) is 13.1. The minimum atomic E-state index is -0.798. The molecule has 0 saturated heterocycles.